The van der Waals surface area contributed by atoms with E-state index in [0.29, 0.717) is 12.1 Å². The van der Waals surface area contributed by atoms with Gasteiger partial charge in [-0.25, -0.2) is 0 Å². The molecule has 2 heterocycles. The summed E-state index contributed by atoms with van der Waals surface area (Å²) >= 11 is 0. The fourth-order valence-corrected chi connectivity index (χ4v) is 2.40. The molecule has 0 radical (unpaired) electrons. The average molecular weight is 247 g/mol. The van der Waals surface area contributed by atoms with Crippen molar-refractivity contribution in [1.29, 1.82) is 0 Å². The molecule has 0 aromatic carbocycles. The molecular weight excluding hydrogens is 224 g/mol. The first-order valence-electron chi connectivity index (χ1n) is 6.57. The van der Waals surface area contributed by atoms with E-state index >= 15 is 0 Å². The Morgan fingerprint density at radius 1 is 1.28 bits per heavy atom. The largest absolute Gasteiger partial charge is 0.261 e. The summed E-state index contributed by atoms with van der Waals surface area (Å²) in [4.78, 5) is 0. The van der Waals surface area contributed by atoms with Crippen LogP contribution in [0.25, 0.3) is 0 Å². The van der Waals surface area contributed by atoms with Crippen LogP contribution in [-0.2, 0) is 6.54 Å². The van der Waals surface area contributed by atoms with E-state index in [1.165, 1.54) is 11.3 Å². The van der Waals surface area contributed by atoms with Crippen molar-refractivity contribution in [3.63, 3.8) is 0 Å². The number of aromatic nitrogens is 4. The van der Waals surface area contributed by atoms with Crippen LogP contribution in [0.1, 0.15) is 44.1 Å². The Morgan fingerprint density at radius 2 is 2.00 bits per heavy atom. The molecule has 0 bridgehead atoms. The molecular formula is C14H23N4+. The van der Waals surface area contributed by atoms with E-state index < -0.39 is 0 Å². The maximum Gasteiger partial charge on any atom is 0.198 e. The van der Waals surface area contributed by atoms with Crippen molar-refractivity contribution in [2.75, 3.05) is 0 Å². The molecule has 4 nitrogen and oxygen atoms in total. The van der Waals surface area contributed by atoms with Gasteiger partial charge in [0.2, 0.25) is 0 Å². The predicted molar refractivity (Wildman–Crippen MR) is 71.4 cm³/mol. The van der Waals surface area contributed by atoms with Crippen LogP contribution in [0.15, 0.2) is 24.7 Å². The molecule has 1 unspecified atom stereocenters. The van der Waals surface area contributed by atoms with Gasteiger partial charge in [-0.2, -0.15) is 9.78 Å². The minimum Gasteiger partial charge on any atom is -0.261 e. The molecule has 18 heavy (non-hydrogen) atoms. The normalized spacial score (nSPS) is 13.2. The lowest BCUT2D eigenvalue weighted by atomic mass is 10.3. The summed E-state index contributed by atoms with van der Waals surface area (Å²) in [6.45, 7) is 11.8. The SMILES string of the molecule is Cc1cn(C(C)C)[n+](CC(C)n2nccc2C)c1. The number of hydrogen-bond donors (Lipinski definition) is 0. The zero-order valence-electron chi connectivity index (χ0n) is 12.0. The molecule has 98 valence electrons. The zero-order valence-corrected chi connectivity index (χ0v) is 12.0. The monoisotopic (exact) mass is 247 g/mol. The lowest BCUT2D eigenvalue weighted by Crippen LogP contribution is -2.46. The van der Waals surface area contributed by atoms with Crippen molar-refractivity contribution >= 4 is 0 Å². The summed E-state index contributed by atoms with van der Waals surface area (Å²) in [5.74, 6) is 0. The minimum absolute atomic E-state index is 0.358. The van der Waals surface area contributed by atoms with Gasteiger partial charge in [0.15, 0.2) is 12.7 Å². The maximum atomic E-state index is 4.39. The molecule has 0 fully saturated rings. The fourth-order valence-electron chi connectivity index (χ4n) is 2.40. The Kier molecular flexibility index (Phi) is 3.55. The van der Waals surface area contributed by atoms with Crippen molar-refractivity contribution in [3.8, 4) is 0 Å². The quantitative estimate of drug-likeness (QED) is 0.762. The molecule has 0 aliphatic heterocycles. The third-order valence-corrected chi connectivity index (χ3v) is 3.25. The lowest BCUT2D eigenvalue weighted by Gasteiger charge is -2.13. The molecule has 0 spiro atoms. The Morgan fingerprint density at radius 3 is 2.56 bits per heavy atom. The minimum atomic E-state index is 0.358. The third kappa shape index (κ3) is 2.47. The summed E-state index contributed by atoms with van der Waals surface area (Å²) in [6, 6.07) is 2.88. The highest BCUT2D eigenvalue weighted by Gasteiger charge is 2.19. The van der Waals surface area contributed by atoms with Crippen LogP contribution in [0.4, 0.5) is 0 Å². The summed E-state index contributed by atoms with van der Waals surface area (Å²) in [5, 5.41) is 4.39. The Bertz CT molecular complexity index is 522. The highest BCUT2D eigenvalue weighted by atomic mass is 15.4. The molecule has 0 saturated heterocycles. The highest BCUT2D eigenvalue weighted by molar-refractivity contribution is 4.98. The first-order valence-corrected chi connectivity index (χ1v) is 6.57. The van der Waals surface area contributed by atoms with Gasteiger partial charge < -0.3 is 0 Å². The smallest absolute Gasteiger partial charge is 0.198 e. The van der Waals surface area contributed by atoms with Gasteiger partial charge in [0.1, 0.15) is 6.04 Å². The van der Waals surface area contributed by atoms with Gasteiger partial charge in [-0.15, -0.1) is 4.68 Å². The Hall–Kier alpha value is -1.58. The summed E-state index contributed by atoms with van der Waals surface area (Å²) in [7, 11) is 0. The van der Waals surface area contributed by atoms with Gasteiger partial charge in [-0.3, -0.25) is 4.68 Å². The van der Waals surface area contributed by atoms with Crippen molar-refractivity contribution < 1.29 is 4.68 Å². The van der Waals surface area contributed by atoms with Crippen LogP contribution in [0.3, 0.4) is 0 Å². The molecule has 1 atom stereocenters. The van der Waals surface area contributed by atoms with Crippen molar-refractivity contribution in [2.45, 2.75) is 53.2 Å². The van der Waals surface area contributed by atoms with Gasteiger partial charge in [0.05, 0.1) is 12.2 Å². The summed E-state index contributed by atoms with van der Waals surface area (Å²) < 4.78 is 6.65. The predicted octanol–water partition coefficient (Wildman–Crippen LogP) is 2.43. The van der Waals surface area contributed by atoms with Gasteiger partial charge in [-0.1, -0.05) is 0 Å². The van der Waals surface area contributed by atoms with E-state index in [1.807, 2.05) is 12.3 Å². The second-order valence-electron chi connectivity index (χ2n) is 5.36. The molecule has 2 aromatic rings. The van der Waals surface area contributed by atoms with Crippen LogP contribution in [0.2, 0.25) is 0 Å². The van der Waals surface area contributed by atoms with Crippen molar-refractivity contribution in [2.24, 2.45) is 0 Å². The number of hydrogen-bond acceptors (Lipinski definition) is 1. The lowest BCUT2D eigenvalue weighted by molar-refractivity contribution is -0.781. The van der Waals surface area contributed by atoms with Crippen molar-refractivity contribution in [3.05, 3.63) is 35.9 Å². The second kappa shape index (κ2) is 4.96. The molecule has 0 aliphatic carbocycles. The van der Waals surface area contributed by atoms with Gasteiger partial charge >= 0.3 is 0 Å². The summed E-state index contributed by atoms with van der Waals surface area (Å²) in [5.41, 5.74) is 2.51. The number of nitrogens with zero attached hydrogens (tertiary/aromatic N) is 4. The van der Waals surface area contributed by atoms with E-state index in [4.69, 9.17) is 0 Å². The van der Waals surface area contributed by atoms with Gasteiger partial charge in [0, 0.05) is 17.5 Å². The van der Waals surface area contributed by atoms with Crippen LogP contribution in [0, 0.1) is 13.8 Å². The summed E-state index contributed by atoms with van der Waals surface area (Å²) in [6.07, 6.45) is 6.27. The Balaban J connectivity index is 2.21. The van der Waals surface area contributed by atoms with E-state index in [1.54, 1.807) is 0 Å². The first-order chi connectivity index (χ1) is 8.49. The van der Waals surface area contributed by atoms with Crippen LogP contribution < -0.4 is 4.68 Å². The van der Waals surface area contributed by atoms with E-state index in [0.717, 1.165) is 6.54 Å². The van der Waals surface area contributed by atoms with Crippen LogP contribution >= 0.6 is 0 Å². The van der Waals surface area contributed by atoms with Crippen molar-refractivity contribution in [1.82, 2.24) is 14.5 Å². The maximum absolute atomic E-state index is 4.39. The average Bonchev–Trinajstić information content (AvgIpc) is 2.84. The van der Waals surface area contributed by atoms with E-state index in [9.17, 15) is 0 Å². The second-order valence-corrected chi connectivity index (χ2v) is 5.36. The zero-order chi connectivity index (χ0) is 13.3. The molecule has 0 aliphatic rings. The number of rotatable bonds is 4. The van der Waals surface area contributed by atoms with E-state index in [-0.39, 0.29) is 0 Å². The molecule has 4 heteroatoms. The van der Waals surface area contributed by atoms with Crippen LogP contribution in [0.5, 0.6) is 0 Å². The standard InChI is InChI=1S/C14H23N4/c1-11(2)17-9-12(3)8-16(17)10-14(5)18-13(4)6-7-15-18/h6-9,11,14H,10H2,1-5H3/q+1. The third-order valence-electron chi connectivity index (χ3n) is 3.25. The number of aryl methyl sites for hydroxylation is 2. The molecule has 2 aromatic heterocycles. The molecule has 2 rings (SSSR count). The fraction of sp³-hybridized carbons (Fsp3) is 0.571. The molecule has 0 N–H and O–H groups in total. The molecule has 0 amide bonds. The molecule has 0 saturated carbocycles. The van der Waals surface area contributed by atoms with Gasteiger partial charge in [0.25, 0.3) is 0 Å². The van der Waals surface area contributed by atoms with Gasteiger partial charge in [-0.05, 0) is 40.7 Å². The van der Waals surface area contributed by atoms with Crippen LogP contribution in [-0.4, -0.2) is 14.5 Å². The first kappa shape index (κ1) is 12.9. The topological polar surface area (TPSA) is 26.6 Å². The Labute approximate surface area is 109 Å². The highest BCUT2D eigenvalue weighted by Crippen LogP contribution is 2.10. The van der Waals surface area contributed by atoms with E-state index in [2.05, 4.69) is 66.2 Å².